The number of nitrogens with one attached hydrogen (secondary N) is 2. The summed E-state index contributed by atoms with van der Waals surface area (Å²) in [5.74, 6) is 0.247. The van der Waals surface area contributed by atoms with Gasteiger partial charge in [-0.05, 0) is 50.6 Å². The van der Waals surface area contributed by atoms with Crippen LogP contribution in [0.5, 0.6) is 0 Å². The SMILES string of the molecule is CCC(=O)C(C(=O)O)(N1CCNCC1)N1CCC(C2CCNCC2)CC1. The molecule has 0 amide bonds. The number of likely N-dealkylation sites (tertiary alicyclic amines) is 1. The Kier molecular flexibility index (Phi) is 6.66. The van der Waals surface area contributed by atoms with Crippen molar-refractivity contribution in [2.75, 3.05) is 52.4 Å². The van der Waals surface area contributed by atoms with Gasteiger partial charge in [0.05, 0.1) is 0 Å². The van der Waals surface area contributed by atoms with Gasteiger partial charge in [-0.15, -0.1) is 0 Å². The van der Waals surface area contributed by atoms with Crippen LogP contribution in [0.4, 0.5) is 0 Å². The molecule has 0 bridgehead atoms. The van der Waals surface area contributed by atoms with Crippen LogP contribution in [0, 0.1) is 11.8 Å². The smallest absolute Gasteiger partial charge is 0.347 e. The predicted octanol–water partition coefficient (Wildman–Crippen LogP) is 0.363. The number of hydrogen-bond donors (Lipinski definition) is 3. The van der Waals surface area contributed by atoms with Crippen molar-refractivity contribution in [1.29, 1.82) is 0 Å². The molecule has 0 saturated carbocycles. The number of carbonyl (C=O) groups is 2. The molecule has 148 valence electrons. The number of hydrogen-bond acceptors (Lipinski definition) is 6. The summed E-state index contributed by atoms with van der Waals surface area (Å²) in [6, 6.07) is 0. The maximum Gasteiger partial charge on any atom is 0.347 e. The average molecular weight is 367 g/mol. The van der Waals surface area contributed by atoms with Gasteiger partial charge in [-0.3, -0.25) is 14.6 Å². The monoisotopic (exact) mass is 366 g/mol. The lowest BCUT2D eigenvalue weighted by Gasteiger charge is -2.50. The normalized spacial score (nSPS) is 27.1. The van der Waals surface area contributed by atoms with Gasteiger partial charge in [0.25, 0.3) is 0 Å². The first kappa shape index (κ1) is 19.7. The van der Waals surface area contributed by atoms with E-state index in [0.717, 1.165) is 44.9 Å². The van der Waals surface area contributed by atoms with Crippen LogP contribution < -0.4 is 10.6 Å². The molecule has 7 nitrogen and oxygen atoms in total. The van der Waals surface area contributed by atoms with Crippen molar-refractivity contribution >= 4 is 11.8 Å². The van der Waals surface area contributed by atoms with E-state index in [1.807, 2.05) is 9.80 Å². The van der Waals surface area contributed by atoms with Crippen molar-refractivity contribution in [3.05, 3.63) is 0 Å². The minimum absolute atomic E-state index is 0.174. The number of piperazine rings is 1. The highest BCUT2D eigenvalue weighted by atomic mass is 16.4. The topological polar surface area (TPSA) is 84.9 Å². The minimum Gasteiger partial charge on any atom is -0.479 e. The minimum atomic E-state index is -1.48. The van der Waals surface area contributed by atoms with Crippen molar-refractivity contribution in [3.63, 3.8) is 0 Å². The number of carboxylic acids is 1. The van der Waals surface area contributed by atoms with Crippen LogP contribution in [-0.4, -0.2) is 84.7 Å². The second-order valence-electron chi connectivity index (χ2n) is 7.90. The molecule has 3 rings (SSSR count). The summed E-state index contributed by atoms with van der Waals surface area (Å²) in [7, 11) is 0. The number of carbonyl (C=O) groups excluding carboxylic acids is 1. The van der Waals surface area contributed by atoms with Gasteiger partial charge in [-0.25, -0.2) is 4.79 Å². The van der Waals surface area contributed by atoms with Gasteiger partial charge in [-0.2, -0.15) is 0 Å². The molecular weight excluding hydrogens is 332 g/mol. The zero-order valence-electron chi connectivity index (χ0n) is 16.0. The van der Waals surface area contributed by atoms with Crippen molar-refractivity contribution in [2.24, 2.45) is 11.8 Å². The highest BCUT2D eigenvalue weighted by molar-refractivity contribution is 6.07. The molecule has 7 heteroatoms. The largest absolute Gasteiger partial charge is 0.479 e. The molecule has 1 unspecified atom stereocenters. The highest BCUT2D eigenvalue weighted by Gasteiger charge is 2.55. The summed E-state index contributed by atoms with van der Waals surface area (Å²) >= 11 is 0. The first-order valence-electron chi connectivity index (χ1n) is 10.3. The molecule has 0 spiro atoms. The Balaban J connectivity index is 1.76. The first-order valence-corrected chi connectivity index (χ1v) is 10.3. The zero-order valence-corrected chi connectivity index (χ0v) is 16.0. The number of rotatable bonds is 6. The average Bonchev–Trinajstić information content (AvgIpc) is 2.70. The lowest BCUT2D eigenvalue weighted by atomic mass is 9.78. The molecule has 0 aliphatic carbocycles. The van der Waals surface area contributed by atoms with E-state index < -0.39 is 11.6 Å². The summed E-state index contributed by atoms with van der Waals surface area (Å²) < 4.78 is 0. The number of piperidine rings is 2. The van der Waals surface area contributed by atoms with E-state index in [1.54, 1.807) is 6.92 Å². The summed E-state index contributed by atoms with van der Waals surface area (Å²) in [4.78, 5) is 29.3. The van der Waals surface area contributed by atoms with Crippen LogP contribution in [0.2, 0.25) is 0 Å². The Morgan fingerprint density at radius 2 is 1.38 bits per heavy atom. The Hall–Kier alpha value is -1.02. The van der Waals surface area contributed by atoms with Crippen LogP contribution in [0.3, 0.4) is 0 Å². The standard InChI is InChI=1S/C19H34N4O3/c1-2-17(24)19(18(25)26,23-13-9-21-10-14-23)22-11-5-16(6-12-22)15-3-7-20-8-4-15/h15-16,20-21H,2-14H2,1H3,(H,25,26). The van der Waals surface area contributed by atoms with Gasteiger partial charge in [0.15, 0.2) is 5.78 Å². The molecule has 0 aromatic carbocycles. The summed E-state index contributed by atoms with van der Waals surface area (Å²) in [6.45, 7) is 8.06. The van der Waals surface area contributed by atoms with Crippen LogP contribution in [-0.2, 0) is 9.59 Å². The maximum absolute atomic E-state index is 13.0. The number of Topliss-reactive ketones (excluding diaryl/α,β-unsaturated/α-hetero) is 1. The van der Waals surface area contributed by atoms with Crippen molar-refractivity contribution in [1.82, 2.24) is 20.4 Å². The van der Waals surface area contributed by atoms with Gasteiger partial charge < -0.3 is 15.7 Å². The molecule has 0 aromatic heterocycles. The predicted molar refractivity (Wildman–Crippen MR) is 100.0 cm³/mol. The maximum atomic E-state index is 13.0. The molecule has 3 aliphatic heterocycles. The molecule has 26 heavy (non-hydrogen) atoms. The first-order chi connectivity index (χ1) is 12.6. The second kappa shape index (κ2) is 8.78. The molecule has 3 saturated heterocycles. The Bertz CT molecular complexity index is 495. The molecular formula is C19H34N4O3. The van der Waals surface area contributed by atoms with Crippen LogP contribution in [0.25, 0.3) is 0 Å². The summed E-state index contributed by atoms with van der Waals surface area (Å²) in [5, 5.41) is 16.9. The van der Waals surface area contributed by atoms with Gasteiger partial charge in [0, 0.05) is 45.7 Å². The third-order valence-corrected chi connectivity index (χ3v) is 6.63. The van der Waals surface area contributed by atoms with Crippen LogP contribution in [0.1, 0.15) is 39.0 Å². The molecule has 3 fully saturated rings. The van der Waals surface area contributed by atoms with Crippen LogP contribution >= 0.6 is 0 Å². The summed E-state index contributed by atoms with van der Waals surface area (Å²) in [5.41, 5.74) is -1.48. The van der Waals surface area contributed by atoms with Gasteiger partial charge >= 0.3 is 5.97 Å². The number of aliphatic carboxylic acids is 1. The van der Waals surface area contributed by atoms with E-state index in [-0.39, 0.29) is 12.2 Å². The highest BCUT2D eigenvalue weighted by Crippen LogP contribution is 2.35. The van der Waals surface area contributed by atoms with Crippen molar-refractivity contribution in [2.45, 2.75) is 44.7 Å². The molecule has 0 radical (unpaired) electrons. The molecule has 3 aliphatic rings. The Morgan fingerprint density at radius 1 is 0.885 bits per heavy atom. The van der Waals surface area contributed by atoms with E-state index in [0.29, 0.717) is 32.1 Å². The quantitative estimate of drug-likeness (QED) is 0.586. The fourth-order valence-electron chi connectivity index (χ4n) is 5.19. The lowest BCUT2D eigenvalue weighted by Crippen LogP contribution is -2.73. The third kappa shape index (κ3) is 3.67. The van der Waals surface area contributed by atoms with Gasteiger partial charge in [-0.1, -0.05) is 6.92 Å². The molecule has 1 atom stereocenters. The van der Waals surface area contributed by atoms with E-state index in [2.05, 4.69) is 10.6 Å². The number of ketones is 1. The van der Waals surface area contributed by atoms with Gasteiger partial charge in [0.1, 0.15) is 0 Å². The van der Waals surface area contributed by atoms with Gasteiger partial charge in [0.2, 0.25) is 5.66 Å². The molecule has 3 heterocycles. The molecule has 3 N–H and O–H groups in total. The Labute approximate surface area is 156 Å². The van der Waals surface area contributed by atoms with Crippen molar-refractivity contribution < 1.29 is 14.7 Å². The van der Waals surface area contributed by atoms with Crippen LogP contribution in [0.15, 0.2) is 0 Å². The zero-order chi connectivity index (χ0) is 18.6. The third-order valence-electron chi connectivity index (χ3n) is 6.63. The van der Waals surface area contributed by atoms with E-state index >= 15 is 0 Å². The number of nitrogens with zero attached hydrogens (tertiary/aromatic N) is 2. The lowest BCUT2D eigenvalue weighted by molar-refractivity contribution is -0.178. The molecule has 0 aromatic rings. The fourth-order valence-corrected chi connectivity index (χ4v) is 5.19. The second-order valence-corrected chi connectivity index (χ2v) is 7.90. The van der Waals surface area contributed by atoms with E-state index in [1.165, 1.54) is 12.8 Å². The summed E-state index contributed by atoms with van der Waals surface area (Å²) in [6.07, 6.45) is 4.71. The van der Waals surface area contributed by atoms with E-state index in [9.17, 15) is 14.7 Å². The Morgan fingerprint density at radius 3 is 1.92 bits per heavy atom. The van der Waals surface area contributed by atoms with Crippen molar-refractivity contribution in [3.8, 4) is 0 Å². The van der Waals surface area contributed by atoms with E-state index in [4.69, 9.17) is 0 Å². The number of carboxylic acid groups (broad SMARTS) is 1. The fraction of sp³-hybridized carbons (Fsp3) is 0.895.